The Kier molecular flexibility index (Phi) is 2.90. The molecular formula is C10H15NO4. The summed E-state index contributed by atoms with van der Waals surface area (Å²) in [5, 5.41) is 13.3. The first-order valence-corrected chi connectivity index (χ1v) is 5.23. The second-order valence-corrected chi connectivity index (χ2v) is 3.99. The first kappa shape index (κ1) is 10.4. The van der Waals surface area contributed by atoms with Crippen molar-refractivity contribution in [2.45, 2.75) is 32.0 Å². The molecule has 1 heterocycles. The van der Waals surface area contributed by atoms with E-state index < -0.39 is 18.2 Å². The van der Waals surface area contributed by atoms with E-state index in [-0.39, 0.29) is 5.92 Å². The van der Waals surface area contributed by atoms with Crippen molar-refractivity contribution in [1.82, 2.24) is 0 Å². The molecule has 0 aromatic heterocycles. The fourth-order valence-electron chi connectivity index (χ4n) is 2.29. The number of carbonyl (C=O) groups excluding carboxylic acids is 1. The minimum Gasteiger partial charge on any atom is -0.468 e. The number of hydrogen-bond donors (Lipinski definition) is 1. The van der Waals surface area contributed by atoms with Crippen LogP contribution in [0.1, 0.15) is 25.7 Å². The summed E-state index contributed by atoms with van der Waals surface area (Å²) in [6.07, 6.45) is 3.15. The summed E-state index contributed by atoms with van der Waals surface area (Å²) < 4.78 is 4.63. The number of carbonyl (C=O) groups is 1. The molecule has 15 heavy (non-hydrogen) atoms. The average molecular weight is 213 g/mol. The first-order chi connectivity index (χ1) is 7.24. The van der Waals surface area contributed by atoms with Crippen LogP contribution in [0, 0.1) is 11.8 Å². The maximum Gasteiger partial charge on any atom is 0.321 e. The van der Waals surface area contributed by atoms with Crippen molar-refractivity contribution in [2.75, 3.05) is 7.11 Å². The van der Waals surface area contributed by atoms with E-state index >= 15 is 0 Å². The van der Waals surface area contributed by atoms with Gasteiger partial charge in [-0.25, -0.2) is 0 Å². The Morgan fingerprint density at radius 2 is 2.20 bits per heavy atom. The van der Waals surface area contributed by atoms with Gasteiger partial charge in [0.05, 0.1) is 12.8 Å². The number of methoxy groups -OCH3 is 1. The molecule has 0 aromatic rings. The van der Waals surface area contributed by atoms with Gasteiger partial charge in [-0.2, -0.15) is 0 Å². The molecule has 0 amide bonds. The molecule has 1 fully saturated rings. The third-order valence-corrected chi connectivity index (χ3v) is 3.10. The number of hydrogen-bond acceptors (Lipinski definition) is 5. The van der Waals surface area contributed by atoms with Gasteiger partial charge in [-0.15, -0.1) is 0 Å². The smallest absolute Gasteiger partial charge is 0.321 e. The largest absolute Gasteiger partial charge is 0.468 e. The van der Waals surface area contributed by atoms with Crippen LogP contribution in [-0.2, 0) is 14.4 Å². The van der Waals surface area contributed by atoms with Gasteiger partial charge in [0.1, 0.15) is 0 Å². The van der Waals surface area contributed by atoms with Crippen molar-refractivity contribution in [3.8, 4) is 0 Å². The molecule has 0 saturated heterocycles. The normalized spacial score (nSPS) is 31.2. The Balaban J connectivity index is 2.12. The number of nitrogens with zero attached hydrogens (tertiary/aromatic N) is 1. The fourth-order valence-corrected chi connectivity index (χ4v) is 2.29. The van der Waals surface area contributed by atoms with Gasteiger partial charge in [0, 0.05) is 5.92 Å². The van der Waals surface area contributed by atoms with Gasteiger partial charge in [-0.3, -0.25) is 4.79 Å². The lowest BCUT2D eigenvalue weighted by Gasteiger charge is -2.15. The average Bonchev–Trinajstić information content (AvgIpc) is 2.85. The zero-order valence-electron chi connectivity index (χ0n) is 8.68. The van der Waals surface area contributed by atoms with Crippen molar-refractivity contribution < 1.29 is 19.5 Å². The summed E-state index contributed by atoms with van der Waals surface area (Å²) in [4.78, 5) is 16.2. The highest BCUT2D eigenvalue weighted by Gasteiger charge is 2.43. The van der Waals surface area contributed by atoms with Gasteiger partial charge in [0.15, 0.2) is 5.92 Å². The summed E-state index contributed by atoms with van der Waals surface area (Å²) >= 11 is 0. The van der Waals surface area contributed by atoms with Crippen molar-refractivity contribution in [1.29, 1.82) is 0 Å². The molecule has 84 valence electrons. The first-order valence-electron chi connectivity index (χ1n) is 5.23. The van der Waals surface area contributed by atoms with Crippen LogP contribution in [0.3, 0.4) is 0 Å². The topological polar surface area (TPSA) is 68.1 Å². The van der Waals surface area contributed by atoms with E-state index in [9.17, 15) is 9.90 Å². The highest BCUT2D eigenvalue weighted by molar-refractivity contribution is 6.04. The molecule has 1 aliphatic carbocycles. The van der Waals surface area contributed by atoms with E-state index in [2.05, 4.69) is 9.89 Å². The van der Waals surface area contributed by atoms with Crippen LogP contribution in [0.4, 0.5) is 0 Å². The molecule has 0 bridgehead atoms. The van der Waals surface area contributed by atoms with Crippen LogP contribution < -0.4 is 0 Å². The second-order valence-electron chi connectivity index (χ2n) is 3.99. The van der Waals surface area contributed by atoms with Crippen molar-refractivity contribution in [2.24, 2.45) is 17.0 Å². The van der Waals surface area contributed by atoms with Gasteiger partial charge in [0.2, 0.25) is 6.29 Å². The minimum absolute atomic E-state index is 0.270. The van der Waals surface area contributed by atoms with Gasteiger partial charge >= 0.3 is 5.97 Å². The quantitative estimate of drug-likeness (QED) is 0.684. The third kappa shape index (κ3) is 1.84. The number of aliphatic hydroxyl groups excluding tert-OH is 1. The fraction of sp³-hybridized carbons (Fsp3) is 0.800. The molecule has 0 radical (unpaired) electrons. The molecule has 2 aliphatic rings. The van der Waals surface area contributed by atoms with Crippen LogP contribution in [0.5, 0.6) is 0 Å². The number of esters is 1. The second kappa shape index (κ2) is 4.18. The Hall–Kier alpha value is -1.10. The molecule has 1 saturated carbocycles. The predicted octanol–water partition coefficient (Wildman–Crippen LogP) is 0.670. The van der Waals surface area contributed by atoms with Gasteiger partial charge in [-0.05, 0) is 12.8 Å². The van der Waals surface area contributed by atoms with E-state index in [0.717, 1.165) is 25.7 Å². The highest BCUT2D eigenvalue weighted by atomic mass is 16.7. The molecule has 5 nitrogen and oxygen atoms in total. The summed E-state index contributed by atoms with van der Waals surface area (Å²) in [5.41, 5.74) is 0.659. The molecule has 0 spiro atoms. The molecule has 2 rings (SSSR count). The molecule has 1 N–H and O–H groups in total. The SMILES string of the molecule is COC(=O)C1C(C2CCCC2)=NOC1O. The van der Waals surface area contributed by atoms with Crippen LogP contribution in [-0.4, -0.2) is 30.2 Å². The summed E-state index contributed by atoms with van der Waals surface area (Å²) in [6.45, 7) is 0. The van der Waals surface area contributed by atoms with Crippen LogP contribution in [0.2, 0.25) is 0 Å². The lowest BCUT2D eigenvalue weighted by molar-refractivity contribution is -0.158. The monoisotopic (exact) mass is 213 g/mol. The van der Waals surface area contributed by atoms with E-state index in [1.165, 1.54) is 7.11 Å². The standard InChI is InChI=1S/C10H15NO4/c1-14-9(12)7-8(11-15-10(7)13)6-4-2-3-5-6/h6-7,10,13H,2-5H2,1H3. The third-order valence-electron chi connectivity index (χ3n) is 3.10. The Bertz CT molecular complexity index is 283. The maximum absolute atomic E-state index is 11.4. The lowest BCUT2D eigenvalue weighted by Crippen LogP contribution is -2.34. The molecule has 1 aliphatic heterocycles. The van der Waals surface area contributed by atoms with Crippen molar-refractivity contribution >= 4 is 11.7 Å². The maximum atomic E-state index is 11.4. The number of oxime groups is 1. The Morgan fingerprint density at radius 3 is 2.80 bits per heavy atom. The number of aliphatic hydroxyl groups is 1. The zero-order chi connectivity index (χ0) is 10.8. The van der Waals surface area contributed by atoms with Crippen molar-refractivity contribution in [3.05, 3.63) is 0 Å². The van der Waals surface area contributed by atoms with E-state index in [1.54, 1.807) is 0 Å². The van der Waals surface area contributed by atoms with Crippen molar-refractivity contribution in [3.63, 3.8) is 0 Å². The molecule has 2 atom stereocenters. The molecule has 2 unspecified atom stereocenters. The molecule has 0 aromatic carbocycles. The van der Waals surface area contributed by atoms with Gasteiger partial charge < -0.3 is 14.7 Å². The Morgan fingerprint density at radius 1 is 1.53 bits per heavy atom. The summed E-state index contributed by atoms with van der Waals surface area (Å²) in [5.74, 6) is -0.921. The predicted molar refractivity (Wildman–Crippen MR) is 52.0 cm³/mol. The summed E-state index contributed by atoms with van der Waals surface area (Å²) in [7, 11) is 1.31. The highest BCUT2D eigenvalue weighted by Crippen LogP contribution is 2.33. The molecule has 5 heteroatoms. The van der Waals surface area contributed by atoms with Crippen LogP contribution >= 0.6 is 0 Å². The zero-order valence-corrected chi connectivity index (χ0v) is 8.68. The van der Waals surface area contributed by atoms with E-state index in [0.29, 0.717) is 5.71 Å². The van der Waals surface area contributed by atoms with Gasteiger partial charge in [-0.1, -0.05) is 18.0 Å². The summed E-state index contributed by atoms with van der Waals surface area (Å²) in [6, 6.07) is 0. The number of ether oxygens (including phenoxy) is 1. The Labute approximate surface area is 88.0 Å². The minimum atomic E-state index is -1.17. The van der Waals surface area contributed by atoms with E-state index in [1.807, 2.05) is 0 Å². The van der Waals surface area contributed by atoms with Gasteiger partial charge in [0.25, 0.3) is 0 Å². The van der Waals surface area contributed by atoms with E-state index in [4.69, 9.17) is 4.84 Å². The molecular weight excluding hydrogens is 198 g/mol. The lowest BCUT2D eigenvalue weighted by atomic mass is 9.91. The van der Waals surface area contributed by atoms with Crippen LogP contribution in [0.15, 0.2) is 5.16 Å². The number of rotatable bonds is 2. The van der Waals surface area contributed by atoms with Crippen LogP contribution in [0.25, 0.3) is 0 Å².